The summed E-state index contributed by atoms with van der Waals surface area (Å²) >= 11 is 0. The summed E-state index contributed by atoms with van der Waals surface area (Å²) in [5.41, 5.74) is 0.457. The lowest BCUT2D eigenvalue weighted by atomic mass is 9.90. The maximum Gasteiger partial charge on any atom is 0.0536 e. The van der Waals surface area contributed by atoms with E-state index < -0.39 is 0 Å². The van der Waals surface area contributed by atoms with Crippen molar-refractivity contribution >= 4 is 0 Å². The minimum Gasteiger partial charge on any atom is -0.319 e. The second-order valence-electron chi connectivity index (χ2n) is 5.14. The Labute approximate surface area is 97.6 Å². The molecule has 1 atom stereocenters. The molecule has 16 heavy (non-hydrogen) atoms. The van der Waals surface area contributed by atoms with Crippen LogP contribution in [0.5, 0.6) is 0 Å². The molecule has 0 aliphatic carbocycles. The van der Waals surface area contributed by atoms with E-state index in [0.29, 0.717) is 5.41 Å². The van der Waals surface area contributed by atoms with E-state index in [1.165, 1.54) is 19.5 Å². The van der Waals surface area contributed by atoms with Crippen molar-refractivity contribution < 1.29 is 0 Å². The van der Waals surface area contributed by atoms with Gasteiger partial charge in [0, 0.05) is 32.0 Å². The van der Waals surface area contributed by atoms with Crippen LogP contribution in [0.4, 0.5) is 0 Å². The van der Waals surface area contributed by atoms with Gasteiger partial charge in [0.15, 0.2) is 0 Å². The third kappa shape index (κ3) is 2.83. The summed E-state index contributed by atoms with van der Waals surface area (Å²) in [6, 6.07) is 1.98. The molecule has 1 saturated heterocycles. The van der Waals surface area contributed by atoms with Crippen molar-refractivity contribution in [3.8, 4) is 0 Å². The first-order valence-corrected chi connectivity index (χ1v) is 6.06. The number of likely N-dealkylation sites (tertiary alicyclic amines) is 1. The van der Waals surface area contributed by atoms with E-state index in [1.54, 1.807) is 0 Å². The third-order valence-corrected chi connectivity index (χ3v) is 3.44. The Kier molecular flexibility index (Phi) is 3.61. The lowest BCUT2D eigenvalue weighted by Gasteiger charge is -2.24. The standard InChI is InChI=1S/C12H22N4/c1-12(10-13-2)4-7-15(11-12)8-9-16-6-3-5-14-16/h3,5-6,13H,4,7-11H2,1-2H3. The van der Waals surface area contributed by atoms with Gasteiger partial charge < -0.3 is 10.2 Å². The smallest absolute Gasteiger partial charge is 0.0536 e. The largest absolute Gasteiger partial charge is 0.319 e. The van der Waals surface area contributed by atoms with E-state index in [9.17, 15) is 0 Å². The van der Waals surface area contributed by atoms with Crippen molar-refractivity contribution in [2.75, 3.05) is 33.2 Å². The van der Waals surface area contributed by atoms with Gasteiger partial charge in [-0.15, -0.1) is 0 Å². The van der Waals surface area contributed by atoms with Crippen LogP contribution in [0.2, 0.25) is 0 Å². The van der Waals surface area contributed by atoms with Crippen molar-refractivity contribution in [2.24, 2.45) is 5.41 Å². The van der Waals surface area contributed by atoms with Crippen molar-refractivity contribution in [2.45, 2.75) is 19.9 Å². The van der Waals surface area contributed by atoms with E-state index in [2.05, 4.69) is 22.2 Å². The fourth-order valence-corrected chi connectivity index (χ4v) is 2.56. The Hall–Kier alpha value is -0.870. The molecular formula is C12H22N4. The highest BCUT2D eigenvalue weighted by molar-refractivity contribution is 4.87. The van der Waals surface area contributed by atoms with Gasteiger partial charge in [-0.2, -0.15) is 5.10 Å². The molecule has 1 aromatic heterocycles. The number of hydrogen-bond acceptors (Lipinski definition) is 3. The lowest BCUT2D eigenvalue weighted by Crippen LogP contribution is -2.34. The summed E-state index contributed by atoms with van der Waals surface area (Å²) in [5, 5.41) is 7.52. The topological polar surface area (TPSA) is 33.1 Å². The van der Waals surface area contributed by atoms with Crippen LogP contribution in [0.25, 0.3) is 0 Å². The maximum atomic E-state index is 4.23. The van der Waals surface area contributed by atoms with Crippen LogP contribution in [-0.2, 0) is 6.54 Å². The van der Waals surface area contributed by atoms with Gasteiger partial charge >= 0.3 is 0 Å². The molecule has 1 N–H and O–H groups in total. The van der Waals surface area contributed by atoms with Crippen molar-refractivity contribution in [1.29, 1.82) is 0 Å². The maximum absolute atomic E-state index is 4.23. The number of aromatic nitrogens is 2. The molecule has 1 aliphatic rings. The molecule has 0 radical (unpaired) electrons. The Balaban J connectivity index is 1.76. The molecule has 0 aromatic carbocycles. The molecule has 0 bridgehead atoms. The molecule has 90 valence electrons. The first-order valence-electron chi connectivity index (χ1n) is 6.06. The molecule has 1 fully saturated rings. The predicted octanol–water partition coefficient (Wildman–Crippen LogP) is 0.814. The van der Waals surface area contributed by atoms with Crippen LogP contribution in [0.3, 0.4) is 0 Å². The average Bonchev–Trinajstić information content (AvgIpc) is 2.85. The molecule has 4 heteroatoms. The predicted molar refractivity (Wildman–Crippen MR) is 65.3 cm³/mol. The van der Waals surface area contributed by atoms with Gasteiger partial charge in [-0.05, 0) is 31.5 Å². The molecule has 2 heterocycles. The van der Waals surface area contributed by atoms with Gasteiger partial charge in [0.1, 0.15) is 0 Å². The molecule has 2 rings (SSSR count). The van der Waals surface area contributed by atoms with Crippen LogP contribution in [0.15, 0.2) is 18.5 Å². The third-order valence-electron chi connectivity index (χ3n) is 3.44. The monoisotopic (exact) mass is 222 g/mol. The minimum atomic E-state index is 0.457. The Bertz CT molecular complexity index is 309. The van der Waals surface area contributed by atoms with Crippen LogP contribution in [-0.4, -0.2) is 47.9 Å². The van der Waals surface area contributed by atoms with Crippen LogP contribution >= 0.6 is 0 Å². The van der Waals surface area contributed by atoms with Gasteiger partial charge in [0.05, 0.1) is 6.54 Å². The van der Waals surface area contributed by atoms with Crippen LogP contribution < -0.4 is 5.32 Å². The number of nitrogens with one attached hydrogen (secondary N) is 1. The van der Waals surface area contributed by atoms with Crippen LogP contribution in [0.1, 0.15) is 13.3 Å². The zero-order valence-electron chi connectivity index (χ0n) is 10.3. The van der Waals surface area contributed by atoms with E-state index in [1.807, 2.05) is 30.2 Å². The molecule has 0 amide bonds. The van der Waals surface area contributed by atoms with Gasteiger partial charge in [0.2, 0.25) is 0 Å². The second-order valence-corrected chi connectivity index (χ2v) is 5.14. The number of hydrogen-bond donors (Lipinski definition) is 1. The first-order chi connectivity index (χ1) is 7.72. The first kappa shape index (κ1) is 11.6. The summed E-state index contributed by atoms with van der Waals surface area (Å²) in [4.78, 5) is 2.54. The van der Waals surface area contributed by atoms with Crippen molar-refractivity contribution in [1.82, 2.24) is 20.0 Å². The van der Waals surface area contributed by atoms with E-state index >= 15 is 0 Å². The SMILES string of the molecule is CNCC1(C)CCN(CCn2cccn2)C1. The van der Waals surface area contributed by atoms with E-state index in [-0.39, 0.29) is 0 Å². The molecule has 1 aromatic rings. The fraction of sp³-hybridized carbons (Fsp3) is 0.750. The zero-order valence-corrected chi connectivity index (χ0v) is 10.3. The number of nitrogens with zero attached hydrogens (tertiary/aromatic N) is 3. The van der Waals surface area contributed by atoms with E-state index in [4.69, 9.17) is 0 Å². The molecular weight excluding hydrogens is 200 g/mol. The highest BCUT2D eigenvalue weighted by Crippen LogP contribution is 2.28. The summed E-state index contributed by atoms with van der Waals surface area (Å²) in [5.74, 6) is 0. The highest BCUT2D eigenvalue weighted by atomic mass is 15.3. The zero-order chi connectivity index (χ0) is 11.4. The fourth-order valence-electron chi connectivity index (χ4n) is 2.56. The molecule has 1 aliphatic heterocycles. The number of rotatable bonds is 5. The Morgan fingerprint density at radius 2 is 2.31 bits per heavy atom. The quantitative estimate of drug-likeness (QED) is 0.800. The Morgan fingerprint density at radius 3 is 3.00 bits per heavy atom. The summed E-state index contributed by atoms with van der Waals surface area (Å²) in [7, 11) is 2.04. The molecule has 0 saturated carbocycles. The molecule has 4 nitrogen and oxygen atoms in total. The molecule has 1 unspecified atom stereocenters. The van der Waals surface area contributed by atoms with Crippen molar-refractivity contribution in [3.05, 3.63) is 18.5 Å². The van der Waals surface area contributed by atoms with Gasteiger partial charge in [0.25, 0.3) is 0 Å². The summed E-state index contributed by atoms with van der Waals surface area (Å²) in [6.07, 6.45) is 5.17. The van der Waals surface area contributed by atoms with Crippen molar-refractivity contribution in [3.63, 3.8) is 0 Å². The van der Waals surface area contributed by atoms with Crippen LogP contribution in [0, 0.1) is 5.41 Å². The van der Waals surface area contributed by atoms with Gasteiger partial charge in [-0.1, -0.05) is 6.92 Å². The normalized spacial score (nSPS) is 26.4. The average molecular weight is 222 g/mol. The second kappa shape index (κ2) is 4.97. The van der Waals surface area contributed by atoms with E-state index in [0.717, 1.165) is 19.6 Å². The highest BCUT2D eigenvalue weighted by Gasteiger charge is 2.32. The van der Waals surface area contributed by atoms with Gasteiger partial charge in [-0.3, -0.25) is 4.68 Å². The molecule has 0 spiro atoms. The van der Waals surface area contributed by atoms with Gasteiger partial charge in [-0.25, -0.2) is 0 Å². The summed E-state index contributed by atoms with van der Waals surface area (Å²) < 4.78 is 2.01. The summed E-state index contributed by atoms with van der Waals surface area (Å²) in [6.45, 7) is 8.03. The lowest BCUT2D eigenvalue weighted by molar-refractivity contribution is 0.260. The minimum absolute atomic E-state index is 0.457. The Morgan fingerprint density at radius 1 is 1.44 bits per heavy atom.